The Morgan fingerprint density at radius 2 is 0.983 bits per heavy atom. The van der Waals surface area contributed by atoms with Crippen LogP contribution in [0, 0.1) is 33.5 Å². The first-order valence-electron chi connectivity index (χ1n) is 40.0. The molecule has 0 radical (unpaired) electrons. The Kier molecular flexibility index (Phi) is 25.1. The second-order valence-corrected chi connectivity index (χ2v) is 35.2. The molecule has 119 heavy (non-hydrogen) atoms. The summed E-state index contributed by atoms with van der Waals surface area (Å²) in [5.74, 6) is -8.76. The Hall–Kier alpha value is -7.88. The molecular formula is C83H107F6N3O27. The lowest BCUT2D eigenvalue weighted by Crippen LogP contribution is -2.79. The maximum Gasteiger partial charge on any atom is 0.411 e. The molecule has 0 unspecified atom stereocenters. The minimum Gasteiger partial charge on any atom is -0.456 e. The van der Waals surface area contributed by atoms with Crippen LogP contribution in [-0.2, 0) is 85.5 Å². The van der Waals surface area contributed by atoms with E-state index in [1.807, 2.05) is 18.7 Å². The van der Waals surface area contributed by atoms with Crippen LogP contribution < -0.4 is 10.6 Å². The van der Waals surface area contributed by atoms with E-state index < -0.39 is 239 Å². The Morgan fingerprint density at radius 3 is 1.32 bits per heavy atom. The number of hydrogen-bond acceptors (Lipinski definition) is 28. The molecule has 5 aliphatic heterocycles. The fraction of sp³-hybridized carbons (Fsp3) is 0.687. The summed E-state index contributed by atoms with van der Waals surface area (Å²) in [5.41, 5.74) is -11.1. The van der Waals surface area contributed by atoms with Crippen molar-refractivity contribution in [3.05, 3.63) is 107 Å². The van der Waals surface area contributed by atoms with Gasteiger partial charge < -0.3 is 102 Å². The molecule has 4 saturated carbocycles. The molecule has 30 nitrogen and oxygen atoms in total. The highest BCUT2D eigenvalue weighted by Crippen LogP contribution is 2.69. The van der Waals surface area contributed by atoms with E-state index in [1.54, 1.807) is 77.9 Å². The van der Waals surface area contributed by atoms with E-state index >= 15 is 0 Å². The number of halogens is 6. The van der Waals surface area contributed by atoms with Crippen LogP contribution in [0.1, 0.15) is 163 Å². The summed E-state index contributed by atoms with van der Waals surface area (Å²) in [6, 6.07) is 9.54. The highest BCUT2D eigenvalue weighted by Gasteiger charge is 2.80. The Labute approximate surface area is 683 Å². The molecule has 9 fully saturated rings. The molecule has 25 atom stereocenters. The van der Waals surface area contributed by atoms with Gasteiger partial charge in [0.1, 0.15) is 60.0 Å². The number of carbonyl (C=O) groups excluding carboxylic acids is 8. The lowest BCUT2D eigenvalue weighted by Gasteiger charge is -2.68. The molecule has 0 aromatic heterocycles. The third kappa shape index (κ3) is 16.1. The van der Waals surface area contributed by atoms with Gasteiger partial charge in [-0.2, -0.15) is 26.3 Å². The summed E-state index contributed by atoms with van der Waals surface area (Å²) >= 11 is 0. The molecule has 2 aromatic carbocycles. The monoisotopic (exact) mass is 1690 g/mol. The topological polar surface area (TPSA) is 394 Å². The van der Waals surface area contributed by atoms with E-state index in [9.17, 15) is 90.2 Å². The number of alkyl carbamates (subject to hydrolysis) is 2. The Bertz CT molecular complexity index is 4260. The van der Waals surface area contributed by atoms with Gasteiger partial charge in [0.15, 0.2) is 48.1 Å². The summed E-state index contributed by atoms with van der Waals surface area (Å²) in [5, 5.41) is 62.0. The molecule has 4 bridgehead atoms. The van der Waals surface area contributed by atoms with E-state index in [-0.39, 0.29) is 54.7 Å². The van der Waals surface area contributed by atoms with Crippen molar-refractivity contribution in [2.45, 2.75) is 293 Å². The van der Waals surface area contributed by atoms with Gasteiger partial charge in [0.05, 0.1) is 67.2 Å². The van der Waals surface area contributed by atoms with Crippen molar-refractivity contribution in [2.75, 3.05) is 32.9 Å². The van der Waals surface area contributed by atoms with Crippen LogP contribution in [0.2, 0.25) is 0 Å². The van der Waals surface area contributed by atoms with E-state index in [0.717, 1.165) is 6.42 Å². The maximum absolute atomic E-state index is 14.4. The third-order valence-corrected chi connectivity index (χ3v) is 26.7. The van der Waals surface area contributed by atoms with Gasteiger partial charge in [-0.1, -0.05) is 84.5 Å². The number of nitrogens with zero attached hydrogens (tertiary/aromatic N) is 1. The number of fused-ring (bicyclic) bond motifs is 16. The summed E-state index contributed by atoms with van der Waals surface area (Å²) in [4.78, 5) is 108. The average molecular weight is 1690 g/mol. The number of alkyl halides is 6. The van der Waals surface area contributed by atoms with Gasteiger partial charge in [0.25, 0.3) is 0 Å². The van der Waals surface area contributed by atoms with Crippen LogP contribution in [0.4, 0.5) is 35.9 Å². The summed E-state index contributed by atoms with van der Waals surface area (Å²) in [6.07, 6.45) is -32.4. The van der Waals surface area contributed by atoms with Crippen molar-refractivity contribution >= 4 is 48.0 Å². The second kappa shape index (κ2) is 33.1. The highest BCUT2D eigenvalue weighted by molar-refractivity contribution is 5.90. The number of aliphatic hydroxyl groups is 5. The van der Waals surface area contributed by atoms with Crippen LogP contribution in [0.5, 0.6) is 0 Å². The minimum absolute atomic E-state index is 0.0903. The number of nitrogens with one attached hydrogen (secondary N) is 2. The summed E-state index contributed by atoms with van der Waals surface area (Å²) in [6.45, 7) is 26.1. The SMILES string of the molecule is C=C[C@@H]1O[C@@H]2C3=C(C)[C@@H](OC(=O)[C@H](O)[C@@H](NC(=O)OC(C)C)C(F)(F)F)C[C@@](O)([C@@H](OC(=O)c4ccccc4)[C@H]4[C@@](C)(CC[C@H]5OC[C@]54OC(C)=O)[C@@H]2O1)C3(C)C.CC(=O)O[C@@]12CO[C@@H]1CC[C@@]1(C)[C@@H]3O[C@H](CN4CC[C@H]4CO)O[C@@H]3C3=C(C)[C@@H](OC(=O)[C@H](O)[C@@H](NC(=O)OC(C)C)C(F)(F)F)C[C@@](O)([C@@H](OC(=O)c4ccccc4)[C@@H]12)C3(C)C. The molecule has 6 aliphatic carbocycles. The lowest BCUT2D eigenvalue weighted by molar-refractivity contribution is -0.345. The first-order valence-corrected chi connectivity index (χ1v) is 40.0. The van der Waals surface area contributed by atoms with E-state index in [4.69, 9.17) is 66.3 Å². The zero-order valence-corrected chi connectivity index (χ0v) is 68.6. The highest BCUT2D eigenvalue weighted by atomic mass is 19.4. The van der Waals surface area contributed by atoms with E-state index in [2.05, 4.69) is 6.58 Å². The number of carbonyl (C=O) groups is 8. The predicted octanol–water partition coefficient (Wildman–Crippen LogP) is 7.79. The standard InChI is InChI=1S/C43H57F3N2O14.C40H50F3NO13/c1-21(2)57-38(54)47-33(43(44,45)46)30(51)37(53)58-26-17-42(55)35(61-36(52)24-11-9-8-10-12-24)32-40(7,15-13-27-41(32,20-56-27)62-23(4)50)34-31(29(22(26)3)39(42,5)6)59-28(60-34)18-48-16-14-25(48)19-49;1-9-25-54-28-26-20(4)23(53-34(48)27(46)30(40(41,42)43)44-35(49)52-19(2)3)17-39(50,36(26,6)7)32(56-33(47)22-13-11-10-12-14-22)29-37(8,31(28)55-25)16-15-24-38(29,18-51-24)57-21(5)45/h8-12,21,25-28,30-35,49,51,55H,13-20H2,1-7H3,(H,47,54);9-14,19,23-25,27-32,46,50H,1,15-18H2,2-8H3,(H,44,49)/t25-,26-,27+,28+,30+,31+,32-,33+,34+,35-,40+,41-,42+;23-,24+,25+,27+,28+,29-,30+,31+,32-,37+,38-,39+/m00/s1. The number of amides is 2. The summed E-state index contributed by atoms with van der Waals surface area (Å²) < 4.78 is 171. The number of benzene rings is 2. The van der Waals surface area contributed by atoms with Gasteiger partial charge in [0, 0.05) is 67.5 Å². The molecule has 2 aromatic rings. The van der Waals surface area contributed by atoms with Crippen LogP contribution >= 0.6 is 0 Å². The number of likely N-dealkylation sites (tertiary alicyclic amines) is 1. The fourth-order valence-corrected chi connectivity index (χ4v) is 20.8. The van der Waals surface area contributed by atoms with Gasteiger partial charge in [-0.3, -0.25) is 14.5 Å². The fourth-order valence-electron chi connectivity index (χ4n) is 20.8. The molecule has 2 amide bonds. The van der Waals surface area contributed by atoms with Gasteiger partial charge in [-0.15, -0.1) is 0 Å². The van der Waals surface area contributed by atoms with Crippen molar-refractivity contribution in [1.29, 1.82) is 0 Å². The van der Waals surface area contributed by atoms with Gasteiger partial charge >= 0.3 is 60.4 Å². The molecule has 7 N–H and O–H groups in total. The van der Waals surface area contributed by atoms with Gasteiger partial charge in [-0.25, -0.2) is 28.8 Å². The zero-order valence-electron chi connectivity index (χ0n) is 68.6. The lowest BCUT2D eigenvalue weighted by atomic mass is 9.45. The Morgan fingerprint density at radius 1 is 0.588 bits per heavy atom. The van der Waals surface area contributed by atoms with Gasteiger partial charge in [0.2, 0.25) is 0 Å². The van der Waals surface area contributed by atoms with E-state index in [1.165, 1.54) is 82.5 Å². The van der Waals surface area contributed by atoms with Crippen molar-refractivity contribution in [3.63, 3.8) is 0 Å². The molecule has 5 saturated heterocycles. The van der Waals surface area contributed by atoms with Crippen LogP contribution in [-0.4, -0.2) is 262 Å². The normalized spacial score (nSPS) is 36.8. The molecule has 11 aliphatic rings. The summed E-state index contributed by atoms with van der Waals surface area (Å²) in [7, 11) is 0. The molecule has 36 heteroatoms. The average Bonchev–Trinajstić information content (AvgIpc) is 1.61. The van der Waals surface area contributed by atoms with Gasteiger partial charge in [-0.05, 0) is 126 Å². The van der Waals surface area contributed by atoms with Crippen LogP contribution in [0.3, 0.4) is 0 Å². The quantitative estimate of drug-likeness (QED) is 0.0288. The van der Waals surface area contributed by atoms with Crippen LogP contribution in [0.25, 0.3) is 0 Å². The van der Waals surface area contributed by atoms with Crippen molar-refractivity contribution < 1.29 is 157 Å². The molecular weight excluding hydrogens is 1580 g/mol. The van der Waals surface area contributed by atoms with Crippen molar-refractivity contribution in [2.24, 2.45) is 33.5 Å². The number of ether oxygens (including phenoxy) is 14. The largest absolute Gasteiger partial charge is 0.456 e. The number of hydrogen-bond donors (Lipinski definition) is 7. The minimum atomic E-state index is -5.35. The van der Waals surface area contributed by atoms with Crippen LogP contribution in [0.15, 0.2) is 95.6 Å². The van der Waals surface area contributed by atoms with Crippen molar-refractivity contribution in [1.82, 2.24) is 15.5 Å². The maximum atomic E-state index is 14.4. The Balaban J connectivity index is 0.000000219. The first kappa shape index (κ1) is 90.4. The van der Waals surface area contributed by atoms with E-state index in [0.29, 0.717) is 43.4 Å². The molecule has 13 rings (SSSR count). The first-order chi connectivity index (χ1) is 55.5. The third-order valence-electron chi connectivity index (χ3n) is 26.7. The zero-order chi connectivity index (χ0) is 87.4. The number of esters is 6. The number of rotatable bonds is 20. The molecule has 658 valence electrons. The smallest absolute Gasteiger partial charge is 0.411 e. The van der Waals surface area contributed by atoms with Crippen molar-refractivity contribution in [3.8, 4) is 0 Å². The predicted molar refractivity (Wildman–Crippen MR) is 399 cm³/mol. The molecule has 5 heterocycles. The number of aliphatic hydroxyl groups excluding tert-OH is 3. The molecule has 0 spiro atoms. The second-order valence-electron chi connectivity index (χ2n) is 35.2.